The van der Waals surface area contributed by atoms with E-state index in [4.69, 9.17) is 0 Å². The first-order valence-corrected chi connectivity index (χ1v) is 12.9. The van der Waals surface area contributed by atoms with Gasteiger partial charge in [-0.3, -0.25) is 9.52 Å². The van der Waals surface area contributed by atoms with Crippen LogP contribution in [0, 0.1) is 5.92 Å². The number of piperazine rings is 1. The minimum absolute atomic E-state index is 0. The van der Waals surface area contributed by atoms with E-state index in [1.807, 2.05) is 17.0 Å². The topological polar surface area (TPSA) is 95.5 Å². The summed E-state index contributed by atoms with van der Waals surface area (Å²) >= 11 is 0. The van der Waals surface area contributed by atoms with Crippen molar-refractivity contribution in [1.29, 1.82) is 0 Å². The molecule has 1 N–H and O–H groups in total. The molecule has 1 aromatic heterocycles. The van der Waals surface area contributed by atoms with Crippen LogP contribution in [0.15, 0.2) is 72.0 Å². The molecule has 5 rings (SSSR count). The molecule has 0 atom stereocenters. The van der Waals surface area contributed by atoms with Crippen molar-refractivity contribution in [2.75, 3.05) is 35.8 Å². The highest BCUT2D eigenvalue weighted by molar-refractivity contribution is 7.92. The van der Waals surface area contributed by atoms with E-state index in [2.05, 4.69) is 43.9 Å². The Hall–Kier alpha value is -3.46. The van der Waals surface area contributed by atoms with Gasteiger partial charge >= 0.3 is 0 Å². The number of carbonyl (C=O) groups excluding carboxylic acids is 1. The predicted octanol–water partition coefficient (Wildman–Crippen LogP) is 2.98. The molecular formula is C25H29N5O3S. The zero-order valence-electron chi connectivity index (χ0n) is 18.8. The number of carbonyl (C=O) groups is 1. The van der Waals surface area contributed by atoms with Crippen molar-refractivity contribution in [3.8, 4) is 0 Å². The summed E-state index contributed by atoms with van der Waals surface area (Å²) in [6.07, 6.45) is 5.34. The van der Waals surface area contributed by atoms with Gasteiger partial charge in [0, 0.05) is 45.9 Å². The van der Waals surface area contributed by atoms with Gasteiger partial charge in [0.2, 0.25) is 5.91 Å². The summed E-state index contributed by atoms with van der Waals surface area (Å²) in [5.74, 6) is 0.851. The van der Waals surface area contributed by atoms with E-state index in [-0.39, 0.29) is 18.0 Å². The Bertz CT molecular complexity index is 1240. The lowest BCUT2D eigenvalue weighted by atomic mass is 10.0. The highest BCUT2D eigenvalue weighted by atomic mass is 32.2. The van der Waals surface area contributed by atoms with Gasteiger partial charge in [-0.05, 0) is 60.2 Å². The SMILES string of the molecule is O=C(CC1Cc2ccccc2C1)N1CCN(c2ccc(S(=O)(=O)Nc3ccncn3)cc2)CC1.[HH]. The third kappa shape index (κ3) is 4.89. The van der Waals surface area contributed by atoms with Crippen LogP contribution in [0.3, 0.4) is 0 Å². The molecule has 1 fully saturated rings. The number of nitrogens with zero attached hydrogens (tertiary/aromatic N) is 4. The number of rotatable bonds is 6. The molecule has 2 aliphatic rings. The standard InChI is InChI=1S/C25H27N5O3S.H2/c31-25(17-19-15-20-3-1-2-4-21(20)16-19)30-13-11-29(12-14-30)22-5-7-23(8-6-22)34(32,33)28-24-9-10-26-18-27-24;/h1-10,18-19H,11-17H2,(H,26,27,28);1H. The second-order valence-electron chi connectivity index (χ2n) is 8.81. The monoisotopic (exact) mass is 479 g/mol. The Morgan fingerprint density at radius 3 is 2.26 bits per heavy atom. The fourth-order valence-electron chi connectivity index (χ4n) is 4.77. The first-order valence-electron chi connectivity index (χ1n) is 11.5. The van der Waals surface area contributed by atoms with Gasteiger partial charge in [0.25, 0.3) is 10.0 Å². The molecule has 1 saturated heterocycles. The van der Waals surface area contributed by atoms with Crippen LogP contribution in [-0.2, 0) is 27.7 Å². The van der Waals surface area contributed by atoms with Crippen molar-refractivity contribution in [3.63, 3.8) is 0 Å². The third-order valence-electron chi connectivity index (χ3n) is 6.56. The quantitative estimate of drug-likeness (QED) is 0.584. The second kappa shape index (κ2) is 9.42. The first-order chi connectivity index (χ1) is 16.5. The van der Waals surface area contributed by atoms with Crippen molar-refractivity contribution in [1.82, 2.24) is 14.9 Å². The van der Waals surface area contributed by atoms with Crippen molar-refractivity contribution >= 4 is 27.4 Å². The molecule has 2 heterocycles. The summed E-state index contributed by atoms with van der Waals surface area (Å²) in [6, 6.07) is 16.8. The first kappa shape index (κ1) is 22.3. The molecule has 0 saturated carbocycles. The summed E-state index contributed by atoms with van der Waals surface area (Å²) in [5, 5.41) is 0. The zero-order chi connectivity index (χ0) is 23.5. The molecule has 1 aliphatic heterocycles. The van der Waals surface area contributed by atoms with Gasteiger partial charge in [-0.25, -0.2) is 18.4 Å². The van der Waals surface area contributed by atoms with E-state index in [9.17, 15) is 13.2 Å². The lowest BCUT2D eigenvalue weighted by Crippen LogP contribution is -2.49. The van der Waals surface area contributed by atoms with Gasteiger partial charge in [0.1, 0.15) is 12.1 Å². The summed E-state index contributed by atoms with van der Waals surface area (Å²) in [4.78, 5) is 24.9. The fraction of sp³-hybridized carbons (Fsp3) is 0.320. The number of sulfonamides is 1. The van der Waals surface area contributed by atoms with E-state index < -0.39 is 10.0 Å². The number of hydrogen-bond acceptors (Lipinski definition) is 6. The van der Waals surface area contributed by atoms with Crippen LogP contribution in [0.4, 0.5) is 11.5 Å². The average molecular weight is 480 g/mol. The fourth-order valence-corrected chi connectivity index (χ4v) is 5.78. The molecule has 1 aliphatic carbocycles. The van der Waals surface area contributed by atoms with Crippen molar-refractivity contribution in [2.45, 2.75) is 24.2 Å². The molecule has 0 spiro atoms. The number of benzene rings is 2. The Morgan fingerprint density at radius 2 is 1.65 bits per heavy atom. The number of nitrogens with one attached hydrogen (secondary N) is 1. The number of hydrogen-bond donors (Lipinski definition) is 1. The minimum atomic E-state index is -3.72. The van der Waals surface area contributed by atoms with Gasteiger partial charge in [-0.2, -0.15) is 0 Å². The molecule has 9 heteroatoms. The number of amides is 1. The van der Waals surface area contributed by atoms with Crippen LogP contribution in [0.1, 0.15) is 19.0 Å². The van der Waals surface area contributed by atoms with Crippen LogP contribution in [0.2, 0.25) is 0 Å². The summed E-state index contributed by atoms with van der Waals surface area (Å²) < 4.78 is 27.6. The van der Waals surface area contributed by atoms with Gasteiger partial charge in [0.15, 0.2) is 0 Å². The zero-order valence-corrected chi connectivity index (χ0v) is 19.6. The van der Waals surface area contributed by atoms with Crippen LogP contribution >= 0.6 is 0 Å². The Morgan fingerprint density at radius 1 is 0.971 bits per heavy atom. The van der Waals surface area contributed by atoms with Gasteiger partial charge in [0.05, 0.1) is 4.90 Å². The van der Waals surface area contributed by atoms with Crippen molar-refractivity contribution in [2.24, 2.45) is 5.92 Å². The van der Waals surface area contributed by atoms with E-state index in [0.717, 1.165) is 31.6 Å². The van der Waals surface area contributed by atoms with Crippen LogP contribution in [0.25, 0.3) is 0 Å². The van der Waals surface area contributed by atoms with Crippen LogP contribution < -0.4 is 9.62 Å². The Labute approximate surface area is 201 Å². The molecular weight excluding hydrogens is 450 g/mol. The van der Waals surface area contributed by atoms with E-state index in [0.29, 0.717) is 25.4 Å². The lowest BCUT2D eigenvalue weighted by Gasteiger charge is -2.36. The van der Waals surface area contributed by atoms with Crippen molar-refractivity contribution < 1.29 is 14.6 Å². The van der Waals surface area contributed by atoms with Gasteiger partial charge in [-0.1, -0.05) is 24.3 Å². The molecule has 0 radical (unpaired) electrons. The lowest BCUT2D eigenvalue weighted by molar-refractivity contribution is -0.132. The van der Waals surface area contributed by atoms with Gasteiger partial charge < -0.3 is 9.80 Å². The molecule has 1 amide bonds. The average Bonchev–Trinajstić information content (AvgIpc) is 3.27. The summed E-state index contributed by atoms with van der Waals surface area (Å²) in [7, 11) is -3.72. The van der Waals surface area contributed by atoms with E-state index in [1.54, 1.807) is 12.1 Å². The predicted molar refractivity (Wildman–Crippen MR) is 132 cm³/mol. The number of fused-ring (bicyclic) bond motifs is 1. The molecule has 0 bridgehead atoms. The maximum absolute atomic E-state index is 12.9. The summed E-state index contributed by atoms with van der Waals surface area (Å²) in [6.45, 7) is 2.80. The smallest absolute Gasteiger partial charge is 0.263 e. The number of anilines is 2. The van der Waals surface area contributed by atoms with Crippen molar-refractivity contribution in [3.05, 3.63) is 78.2 Å². The molecule has 34 heavy (non-hydrogen) atoms. The van der Waals surface area contributed by atoms with Gasteiger partial charge in [-0.15, -0.1) is 0 Å². The molecule has 2 aromatic carbocycles. The van der Waals surface area contributed by atoms with Crippen LogP contribution in [-0.4, -0.2) is 55.4 Å². The molecule has 178 valence electrons. The third-order valence-corrected chi connectivity index (χ3v) is 7.93. The maximum atomic E-state index is 12.9. The second-order valence-corrected chi connectivity index (χ2v) is 10.5. The summed E-state index contributed by atoms with van der Waals surface area (Å²) in [5.41, 5.74) is 3.70. The van der Waals surface area contributed by atoms with E-state index in [1.165, 1.54) is 29.7 Å². The highest BCUT2D eigenvalue weighted by Crippen LogP contribution is 2.29. The Kier molecular flexibility index (Phi) is 6.19. The highest BCUT2D eigenvalue weighted by Gasteiger charge is 2.27. The normalized spacial score (nSPS) is 16.4. The molecule has 8 nitrogen and oxygen atoms in total. The maximum Gasteiger partial charge on any atom is 0.263 e. The molecule has 3 aromatic rings. The molecule has 0 unspecified atom stereocenters. The van der Waals surface area contributed by atoms with E-state index >= 15 is 0 Å². The van der Waals surface area contributed by atoms with Crippen LogP contribution in [0.5, 0.6) is 0 Å². The minimum Gasteiger partial charge on any atom is -0.368 e. The largest absolute Gasteiger partial charge is 0.368 e. The Balaban J connectivity index is 0.00000289. The number of aromatic nitrogens is 2.